The summed E-state index contributed by atoms with van der Waals surface area (Å²) < 4.78 is 14.3. The molecule has 0 aliphatic carbocycles. The first-order valence-electron chi connectivity index (χ1n) is 4.33. The highest BCUT2D eigenvalue weighted by molar-refractivity contribution is 7.46. The molecule has 5 heteroatoms. The molecule has 0 saturated carbocycles. The lowest BCUT2D eigenvalue weighted by Gasteiger charge is -1.98. The van der Waals surface area contributed by atoms with E-state index in [9.17, 15) is 4.57 Å². The van der Waals surface area contributed by atoms with Gasteiger partial charge >= 0.3 is 7.82 Å². The molecule has 0 bridgehead atoms. The minimum Gasteiger partial charge on any atom is -0.303 e. The van der Waals surface area contributed by atoms with E-state index >= 15 is 0 Å². The zero-order valence-electron chi connectivity index (χ0n) is 8.14. The van der Waals surface area contributed by atoms with Crippen molar-refractivity contribution in [3.8, 4) is 11.8 Å². The van der Waals surface area contributed by atoms with Gasteiger partial charge in [-0.25, -0.2) is 4.57 Å². The topological polar surface area (TPSA) is 66.8 Å². The van der Waals surface area contributed by atoms with Crippen molar-refractivity contribution in [3.05, 3.63) is 12.2 Å². The average molecular weight is 218 g/mol. The predicted molar refractivity (Wildman–Crippen MR) is 54.4 cm³/mol. The quantitative estimate of drug-likeness (QED) is 0.320. The van der Waals surface area contributed by atoms with E-state index in [0.717, 1.165) is 19.3 Å². The third-order valence-electron chi connectivity index (χ3n) is 1.34. The summed E-state index contributed by atoms with van der Waals surface area (Å²) in [5.41, 5.74) is 0. The van der Waals surface area contributed by atoms with E-state index in [1.54, 1.807) is 0 Å². The van der Waals surface area contributed by atoms with Crippen LogP contribution in [0.5, 0.6) is 0 Å². The Morgan fingerprint density at radius 3 is 2.71 bits per heavy atom. The molecule has 0 atom stereocenters. The van der Waals surface area contributed by atoms with Crippen LogP contribution in [0.25, 0.3) is 0 Å². The van der Waals surface area contributed by atoms with Crippen molar-refractivity contribution in [2.24, 2.45) is 0 Å². The van der Waals surface area contributed by atoms with E-state index in [-0.39, 0.29) is 6.61 Å². The molecule has 0 aromatic rings. The lowest BCUT2D eigenvalue weighted by Crippen LogP contribution is -1.87. The number of allylic oxidation sites excluding steroid dienone is 2. The zero-order valence-corrected chi connectivity index (χ0v) is 9.04. The van der Waals surface area contributed by atoms with Crippen LogP contribution in [0.3, 0.4) is 0 Å². The van der Waals surface area contributed by atoms with Crippen LogP contribution >= 0.6 is 7.82 Å². The molecule has 4 nitrogen and oxygen atoms in total. The monoisotopic (exact) mass is 218 g/mol. The molecule has 0 amide bonds. The van der Waals surface area contributed by atoms with Crippen LogP contribution in [0.15, 0.2) is 12.2 Å². The SMILES string of the molecule is CC=CCCCC#CCOP(=O)(O)O. The van der Waals surface area contributed by atoms with Crippen LogP contribution < -0.4 is 0 Å². The Morgan fingerprint density at radius 1 is 1.43 bits per heavy atom. The van der Waals surface area contributed by atoms with Gasteiger partial charge in [0.05, 0.1) is 0 Å². The second-order valence-electron chi connectivity index (χ2n) is 2.58. The Balaban J connectivity index is 3.41. The lowest BCUT2D eigenvalue weighted by molar-refractivity contribution is 0.218. The van der Waals surface area contributed by atoms with Gasteiger partial charge < -0.3 is 9.79 Å². The maximum atomic E-state index is 10.2. The number of phosphoric acid groups is 1. The van der Waals surface area contributed by atoms with E-state index in [1.165, 1.54) is 0 Å². The summed E-state index contributed by atoms with van der Waals surface area (Å²) >= 11 is 0. The molecule has 0 radical (unpaired) electrons. The van der Waals surface area contributed by atoms with Crippen molar-refractivity contribution in [1.82, 2.24) is 0 Å². The normalized spacial score (nSPS) is 11.4. The first kappa shape index (κ1) is 13.4. The van der Waals surface area contributed by atoms with Crippen molar-refractivity contribution >= 4 is 7.82 Å². The van der Waals surface area contributed by atoms with Crippen molar-refractivity contribution in [2.45, 2.75) is 26.2 Å². The van der Waals surface area contributed by atoms with Crippen LogP contribution in [0.1, 0.15) is 26.2 Å². The lowest BCUT2D eigenvalue weighted by atomic mass is 10.2. The van der Waals surface area contributed by atoms with Gasteiger partial charge in [-0.05, 0) is 19.8 Å². The maximum Gasteiger partial charge on any atom is 0.470 e. The maximum absolute atomic E-state index is 10.2. The highest BCUT2D eigenvalue weighted by Gasteiger charge is 2.11. The largest absolute Gasteiger partial charge is 0.470 e. The van der Waals surface area contributed by atoms with Crippen molar-refractivity contribution in [2.75, 3.05) is 6.61 Å². The van der Waals surface area contributed by atoms with E-state index in [4.69, 9.17) is 9.79 Å². The van der Waals surface area contributed by atoms with Gasteiger partial charge in [0.1, 0.15) is 6.61 Å². The fraction of sp³-hybridized carbons (Fsp3) is 0.556. The molecule has 0 saturated heterocycles. The van der Waals surface area contributed by atoms with Gasteiger partial charge in [0.15, 0.2) is 0 Å². The van der Waals surface area contributed by atoms with Crippen molar-refractivity contribution < 1.29 is 18.9 Å². The molecule has 80 valence electrons. The summed E-state index contributed by atoms with van der Waals surface area (Å²) in [7, 11) is -4.35. The molecule has 2 N–H and O–H groups in total. The van der Waals surface area contributed by atoms with Gasteiger partial charge in [-0.2, -0.15) is 0 Å². The van der Waals surface area contributed by atoms with Gasteiger partial charge in [0, 0.05) is 6.42 Å². The van der Waals surface area contributed by atoms with Gasteiger partial charge in [-0.3, -0.25) is 4.52 Å². The molecule has 0 rings (SSSR count). The number of phosphoric ester groups is 1. The minimum absolute atomic E-state index is 0.214. The van der Waals surface area contributed by atoms with E-state index < -0.39 is 7.82 Å². The van der Waals surface area contributed by atoms with Crippen molar-refractivity contribution in [3.63, 3.8) is 0 Å². The first-order valence-corrected chi connectivity index (χ1v) is 5.86. The third-order valence-corrected chi connectivity index (χ3v) is 1.80. The molecule has 0 aliphatic rings. The molecular formula is C9H15O4P. The smallest absolute Gasteiger partial charge is 0.303 e. The third kappa shape index (κ3) is 11.4. The fourth-order valence-electron chi connectivity index (χ4n) is 0.731. The van der Waals surface area contributed by atoms with Gasteiger partial charge in [0.2, 0.25) is 0 Å². The van der Waals surface area contributed by atoms with E-state index in [1.807, 2.05) is 19.1 Å². The molecular weight excluding hydrogens is 203 g/mol. The summed E-state index contributed by atoms with van der Waals surface area (Å²) in [6.07, 6.45) is 6.67. The highest BCUT2D eigenvalue weighted by Crippen LogP contribution is 2.34. The molecule has 0 aromatic carbocycles. The summed E-state index contributed by atoms with van der Waals surface area (Å²) in [5.74, 6) is 5.29. The highest BCUT2D eigenvalue weighted by atomic mass is 31.2. The summed E-state index contributed by atoms with van der Waals surface area (Å²) in [5, 5.41) is 0. The molecule has 0 aliphatic heterocycles. The Morgan fingerprint density at radius 2 is 2.14 bits per heavy atom. The number of hydrogen-bond acceptors (Lipinski definition) is 2. The standard InChI is InChI=1S/C9H15O4P/c1-2-3-4-5-6-7-8-9-13-14(10,11)12/h2-3H,4-6,9H2,1H3,(H2,10,11,12). The van der Waals surface area contributed by atoms with Gasteiger partial charge in [-0.1, -0.05) is 18.1 Å². The molecule has 0 fully saturated rings. The average Bonchev–Trinajstić information content (AvgIpc) is 2.08. The van der Waals surface area contributed by atoms with Crippen LogP contribution in [0.4, 0.5) is 0 Å². The first-order chi connectivity index (χ1) is 6.56. The Labute approximate surface area is 84.2 Å². The molecule has 0 heterocycles. The second kappa shape index (κ2) is 7.78. The van der Waals surface area contributed by atoms with Gasteiger partial charge in [-0.15, -0.1) is 5.92 Å². The Bertz CT molecular complexity index is 268. The van der Waals surface area contributed by atoms with E-state index in [2.05, 4.69) is 16.4 Å². The summed E-state index contributed by atoms with van der Waals surface area (Å²) in [4.78, 5) is 16.6. The number of unbranched alkanes of at least 4 members (excludes halogenated alkanes) is 2. The van der Waals surface area contributed by atoms with E-state index in [0.29, 0.717) is 0 Å². The second-order valence-corrected chi connectivity index (χ2v) is 3.82. The predicted octanol–water partition coefficient (Wildman–Crippen LogP) is 1.85. The molecule has 0 spiro atoms. The van der Waals surface area contributed by atoms with Crippen LogP contribution in [0.2, 0.25) is 0 Å². The summed E-state index contributed by atoms with van der Waals surface area (Å²) in [6.45, 7) is 1.74. The molecule has 0 unspecified atom stereocenters. The number of hydrogen-bond donors (Lipinski definition) is 2. The number of rotatable bonds is 5. The Hall–Kier alpha value is -0.590. The molecule has 14 heavy (non-hydrogen) atoms. The van der Waals surface area contributed by atoms with Crippen LogP contribution in [-0.2, 0) is 9.09 Å². The van der Waals surface area contributed by atoms with Crippen LogP contribution in [-0.4, -0.2) is 16.4 Å². The van der Waals surface area contributed by atoms with Gasteiger partial charge in [0.25, 0.3) is 0 Å². The fourth-order valence-corrected chi connectivity index (χ4v) is 0.963. The van der Waals surface area contributed by atoms with Crippen LogP contribution in [0, 0.1) is 11.8 Å². The summed E-state index contributed by atoms with van der Waals surface area (Å²) in [6, 6.07) is 0. The minimum atomic E-state index is -4.35. The Kier molecular flexibility index (Phi) is 7.45. The zero-order chi connectivity index (χ0) is 10.9. The van der Waals surface area contributed by atoms with Crippen molar-refractivity contribution in [1.29, 1.82) is 0 Å². The molecule has 0 aromatic heterocycles.